The summed E-state index contributed by atoms with van der Waals surface area (Å²) in [4.78, 5) is 3.58. The maximum atomic E-state index is 12.6. The first-order valence-corrected chi connectivity index (χ1v) is 5.51. The molecule has 0 saturated carbocycles. The molecule has 96 valence electrons. The average Bonchev–Trinajstić information content (AvgIpc) is 2.73. The quantitative estimate of drug-likeness (QED) is 0.824. The van der Waals surface area contributed by atoms with Gasteiger partial charge in [0.15, 0.2) is 5.82 Å². The van der Waals surface area contributed by atoms with Gasteiger partial charge in [-0.15, -0.1) is 5.10 Å². The highest BCUT2D eigenvalue weighted by atomic mass is 19.4. The summed E-state index contributed by atoms with van der Waals surface area (Å²) in [5.74, 6) is -0.857. The molecule has 0 atom stereocenters. The molecule has 0 aliphatic heterocycles. The highest BCUT2D eigenvalue weighted by molar-refractivity contribution is 5.55. The van der Waals surface area contributed by atoms with Gasteiger partial charge < -0.3 is 0 Å². The Bertz CT molecular complexity index is 541. The number of aryl methyl sites for hydroxylation is 2. The molecule has 18 heavy (non-hydrogen) atoms. The number of rotatable bonds is 2. The van der Waals surface area contributed by atoms with Crippen LogP contribution in [-0.2, 0) is 12.7 Å². The third-order valence-electron chi connectivity index (χ3n) is 2.53. The third kappa shape index (κ3) is 2.37. The normalized spacial score (nSPS) is 11.8. The van der Waals surface area contributed by atoms with E-state index in [0.29, 0.717) is 12.1 Å². The van der Waals surface area contributed by atoms with E-state index in [1.165, 1.54) is 4.68 Å². The molecule has 0 radical (unpaired) electrons. The lowest BCUT2D eigenvalue weighted by molar-refractivity contribution is -0.144. The van der Waals surface area contributed by atoms with Crippen molar-refractivity contribution in [2.45, 2.75) is 26.6 Å². The summed E-state index contributed by atoms with van der Waals surface area (Å²) in [6, 6.07) is 7.14. The highest BCUT2D eigenvalue weighted by Crippen LogP contribution is 2.28. The van der Waals surface area contributed by atoms with E-state index < -0.39 is 12.0 Å². The van der Waals surface area contributed by atoms with Crippen molar-refractivity contribution in [3.8, 4) is 11.4 Å². The lowest BCUT2D eigenvalue weighted by Gasteiger charge is -2.02. The molecule has 1 aromatic heterocycles. The SMILES string of the molecule is CCn1nc(C(F)(F)F)nc1-c1ccc(C)cc1. The third-order valence-corrected chi connectivity index (χ3v) is 2.53. The molecule has 0 saturated heterocycles. The van der Waals surface area contributed by atoms with Crippen molar-refractivity contribution in [3.63, 3.8) is 0 Å². The Kier molecular flexibility index (Phi) is 3.11. The molecule has 1 heterocycles. The Morgan fingerprint density at radius 3 is 2.28 bits per heavy atom. The zero-order chi connectivity index (χ0) is 13.3. The highest BCUT2D eigenvalue weighted by Gasteiger charge is 2.37. The Morgan fingerprint density at radius 2 is 1.78 bits per heavy atom. The molecular weight excluding hydrogens is 243 g/mol. The van der Waals surface area contributed by atoms with Gasteiger partial charge in [0.25, 0.3) is 5.82 Å². The Labute approximate surface area is 102 Å². The summed E-state index contributed by atoms with van der Waals surface area (Å²) in [5.41, 5.74) is 1.67. The lowest BCUT2D eigenvalue weighted by Crippen LogP contribution is -2.08. The van der Waals surface area contributed by atoms with Crippen LogP contribution >= 0.6 is 0 Å². The van der Waals surface area contributed by atoms with Crippen LogP contribution in [0.4, 0.5) is 13.2 Å². The van der Waals surface area contributed by atoms with Crippen molar-refractivity contribution in [2.24, 2.45) is 0 Å². The largest absolute Gasteiger partial charge is 0.453 e. The summed E-state index contributed by atoms with van der Waals surface area (Å²) >= 11 is 0. The van der Waals surface area contributed by atoms with Crippen molar-refractivity contribution in [2.75, 3.05) is 0 Å². The fraction of sp³-hybridized carbons (Fsp3) is 0.333. The van der Waals surface area contributed by atoms with E-state index in [2.05, 4.69) is 10.1 Å². The fourth-order valence-electron chi connectivity index (χ4n) is 1.60. The number of hydrogen-bond acceptors (Lipinski definition) is 2. The van der Waals surface area contributed by atoms with Gasteiger partial charge in [0.2, 0.25) is 0 Å². The number of alkyl halides is 3. The topological polar surface area (TPSA) is 30.7 Å². The van der Waals surface area contributed by atoms with E-state index in [9.17, 15) is 13.2 Å². The molecule has 2 aromatic rings. The Balaban J connectivity index is 2.50. The van der Waals surface area contributed by atoms with Crippen LogP contribution in [0.15, 0.2) is 24.3 Å². The van der Waals surface area contributed by atoms with Crippen LogP contribution in [0.3, 0.4) is 0 Å². The first-order valence-electron chi connectivity index (χ1n) is 5.51. The van der Waals surface area contributed by atoms with Gasteiger partial charge in [-0.25, -0.2) is 9.67 Å². The predicted molar refractivity (Wildman–Crippen MR) is 60.9 cm³/mol. The lowest BCUT2D eigenvalue weighted by atomic mass is 10.1. The van der Waals surface area contributed by atoms with Crippen molar-refractivity contribution in [3.05, 3.63) is 35.7 Å². The van der Waals surface area contributed by atoms with E-state index >= 15 is 0 Å². The van der Waals surface area contributed by atoms with E-state index in [0.717, 1.165) is 5.56 Å². The van der Waals surface area contributed by atoms with E-state index in [-0.39, 0.29) is 5.82 Å². The minimum absolute atomic E-state index is 0.241. The molecule has 0 fully saturated rings. The van der Waals surface area contributed by atoms with Crippen LogP contribution in [0.1, 0.15) is 18.3 Å². The standard InChI is InChI=1S/C12H12F3N3/c1-3-18-10(9-6-4-8(2)5-7-9)16-11(17-18)12(13,14)15/h4-7H,3H2,1-2H3. The zero-order valence-corrected chi connectivity index (χ0v) is 9.99. The van der Waals surface area contributed by atoms with Crippen LogP contribution in [0.5, 0.6) is 0 Å². The maximum absolute atomic E-state index is 12.6. The van der Waals surface area contributed by atoms with Gasteiger partial charge >= 0.3 is 6.18 Å². The monoisotopic (exact) mass is 255 g/mol. The van der Waals surface area contributed by atoms with Crippen LogP contribution in [0.25, 0.3) is 11.4 Å². The summed E-state index contributed by atoms with van der Waals surface area (Å²) in [7, 11) is 0. The number of benzene rings is 1. The number of aromatic nitrogens is 3. The molecule has 0 amide bonds. The molecule has 0 aliphatic carbocycles. The van der Waals surface area contributed by atoms with Gasteiger partial charge in [-0.3, -0.25) is 0 Å². The smallest absolute Gasteiger partial charge is 0.245 e. The van der Waals surface area contributed by atoms with Gasteiger partial charge in [-0.1, -0.05) is 29.8 Å². The molecule has 0 N–H and O–H groups in total. The molecule has 0 aliphatic rings. The second-order valence-electron chi connectivity index (χ2n) is 3.94. The summed E-state index contributed by atoms with van der Waals surface area (Å²) in [6.07, 6.45) is -4.51. The zero-order valence-electron chi connectivity index (χ0n) is 9.99. The summed E-state index contributed by atoms with van der Waals surface area (Å²) < 4.78 is 38.9. The molecular formula is C12H12F3N3. The summed E-state index contributed by atoms with van der Waals surface area (Å²) in [5, 5.41) is 3.48. The van der Waals surface area contributed by atoms with Crippen molar-refractivity contribution in [1.82, 2.24) is 14.8 Å². The van der Waals surface area contributed by atoms with Gasteiger partial charge in [0, 0.05) is 12.1 Å². The second kappa shape index (κ2) is 4.44. The number of hydrogen-bond donors (Lipinski definition) is 0. The van der Waals surface area contributed by atoms with Crippen LogP contribution in [0.2, 0.25) is 0 Å². The van der Waals surface area contributed by atoms with Gasteiger partial charge in [0.1, 0.15) is 0 Å². The van der Waals surface area contributed by atoms with Crippen LogP contribution in [-0.4, -0.2) is 14.8 Å². The fourth-order valence-corrected chi connectivity index (χ4v) is 1.60. The minimum atomic E-state index is -4.51. The van der Waals surface area contributed by atoms with Crippen molar-refractivity contribution >= 4 is 0 Å². The molecule has 0 spiro atoms. The Morgan fingerprint density at radius 1 is 1.17 bits per heavy atom. The molecule has 2 rings (SSSR count). The van der Waals surface area contributed by atoms with E-state index in [4.69, 9.17) is 0 Å². The average molecular weight is 255 g/mol. The predicted octanol–water partition coefficient (Wildman–Crippen LogP) is 3.29. The number of nitrogens with zero attached hydrogens (tertiary/aromatic N) is 3. The Hall–Kier alpha value is -1.85. The minimum Gasteiger partial charge on any atom is -0.245 e. The van der Waals surface area contributed by atoms with E-state index in [1.807, 2.05) is 19.1 Å². The van der Waals surface area contributed by atoms with Crippen LogP contribution in [0, 0.1) is 6.92 Å². The van der Waals surface area contributed by atoms with Crippen LogP contribution < -0.4 is 0 Å². The molecule has 0 bridgehead atoms. The van der Waals surface area contributed by atoms with Gasteiger partial charge in [-0.05, 0) is 13.8 Å². The summed E-state index contributed by atoms with van der Waals surface area (Å²) in [6.45, 7) is 3.98. The second-order valence-corrected chi connectivity index (χ2v) is 3.94. The molecule has 0 unspecified atom stereocenters. The van der Waals surface area contributed by atoms with Gasteiger partial charge in [0.05, 0.1) is 0 Å². The molecule has 1 aromatic carbocycles. The van der Waals surface area contributed by atoms with Crippen molar-refractivity contribution < 1.29 is 13.2 Å². The van der Waals surface area contributed by atoms with Crippen molar-refractivity contribution in [1.29, 1.82) is 0 Å². The van der Waals surface area contributed by atoms with Gasteiger partial charge in [-0.2, -0.15) is 13.2 Å². The first kappa shape index (κ1) is 12.6. The molecule has 3 nitrogen and oxygen atoms in total. The number of halogens is 3. The maximum Gasteiger partial charge on any atom is 0.453 e. The molecule has 6 heteroatoms. The van der Waals surface area contributed by atoms with E-state index in [1.54, 1.807) is 19.1 Å². The first-order chi connectivity index (χ1) is 8.41.